The van der Waals surface area contributed by atoms with Gasteiger partial charge in [0.2, 0.25) is 5.91 Å². The summed E-state index contributed by atoms with van der Waals surface area (Å²) in [7, 11) is 1.69. The van der Waals surface area contributed by atoms with Crippen LogP contribution in [0.25, 0.3) is 0 Å². The summed E-state index contributed by atoms with van der Waals surface area (Å²) in [6.45, 7) is 4.35. The zero-order chi connectivity index (χ0) is 28.0. The zero-order valence-corrected chi connectivity index (χ0v) is 24.3. The Balaban J connectivity index is 1.28. The summed E-state index contributed by atoms with van der Waals surface area (Å²) in [6, 6.07) is 18.9. The fraction of sp³-hybridized carbons (Fsp3) is 0.588. The van der Waals surface area contributed by atoms with Crippen molar-refractivity contribution in [1.29, 1.82) is 0 Å². The molecule has 216 valence electrons. The van der Waals surface area contributed by atoms with Crippen molar-refractivity contribution in [2.75, 3.05) is 26.7 Å². The average molecular weight is 547 g/mol. The second kappa shape index (κ2) is 12.8. The van der Waals surface area contributed by atoms with Crippen LogP contribution in [-0.2, 0) is 26.2 Å². The fourth-order valence-corrected chi connectivity index (χ4v) is 7.29. The Bertz CT molecular complexity index is 1150. The van der Waals surface area contributed by atoms with Crippen LogP contribution in [0, 0.1) is 5.92 Å². The van der Waals surface area contributed by atoms with Gasteiger partial charge in [0.15, 0.2) is 0 Å². The number of amides is 1. The molecule has 2 aromatic rings. The van der Waals surface area contributed by atoms with Crippen molar-refractivity contribution in [2.45, 2.75) is 94.6 Å². The Morgan fingerprint density at radius 1 is 1.00 bits per heavy atom. The highest BCUT2D eigenvalue weighted by Gasteiger charge is 2.61. The molecule has 1 saturated heterocycles. The molecule has 1 amide bonds. The van der Waals surface area contributed by atoms with Crippen molar-refractivity contribution >= 4 is 11.9 Å². The van der Waals surface area contributed by atoms with Gasteiger partial charge in [-0.3, -0.25) is 14.5 Å². The molecule has 1 N–H and O–H groups in total. The maximum absolute atomic E-state index is 13.1. The second-order valence-corrected chi connectivity index (χ2v) is 12.4. The lowest BCUT2D eigenvalue weighted by Gasteiger charge is -2.59. The number of aryl methyl sites for hydroxylation is 1. The summed E-state index contributed by atoms with van der Waals surface area (Å²) in [5.41, 5.74) is 1.52. The maximum Gasteiger partial charge on any atom is 0.303 e. The Hall–Kier alpha value is -2.86. The zero-order valence-electron chi connectivity index (χ0n) is 24.3. The normalized spacial score (nSPS) is 26.5. The highest BCUT2D eigenvalue weighted by atomic mass is 16.6. The van der Waals surface area contributed by atoms with Crippen LogP contribution in [-0.4, -0.2) is 55.2 Å². The molecule has 6 nitrogen and oxygen atoms in total. The molecule has 0 radical (unpaired) electrons. The molecule has 6 heteroatoms. The maximum atomic E-state index is 13.1. The number of benzene rings is 2. The Morgan fingerprint density at radius 3 is 2.58 bits per heavy atom. The molecule has 5 rings (SSSR count). The molecule has 0 bridgehead atoms. The number of methoxy groups -OCH3 is 1. The van der Waals surface area contributed by atoms with Gasteiger partial charge in [-0.25, -0.2) is 0 Å². The summed E-state index contributed by atoms with van der Waals surface area (Å²) < 4.78 is 12.0. The summed E-state index contributed by atoms with van der Waals surface area (Å²) in [4.78, 5) is 28.2. The Labute approximate surface area is 239 Å². The van der Waals surface area contributed by atoms with Gasteiger partial charge in [-0.1, -0.05) is 48.9 Å². The molecule has 3 aliphatic rings. The van der Waals surface area contributed by atoms with Gasteiger partial charge in [-0.15, -0.1) is 0 Å². The fourth-order valence-electron chi connectivity index (χ4n) is 7.29. The molecule has 0 aromatic heterocycles. The minimum Gasteiger partial charge on any atom is -0.497 e. The van der Waals surface area contributed by atoms with Crippen molar-refractivity contribution in [2.24, 2.45) is 5.92 Å². The topological polar surface area (TPSA) is 67.9 Å². The Kier molecular flexibility index (Phi) is 9.14. The van der Waals surface area contributed by atoms with E-state index >= 15 is 0 Å². The lowest BCUT2D eigenvalue weighted by atomic mass is 9.55. The molecular weight excluding hydrogens is 500 g/mol. The van der Waals surface area contributed by atoms with E-state index in [0.717, 1.165) is 88.2 Å². The SMILES string of the molecule is COc1cccc([C@@]23CCN(CC4CC4)C[C@@]2(OC(C)=O)CC[C@@H](NC(=O)CCCCCc2ccccc2)C3)c1. The van der Waals surface area contributed by atoms with Crippen LogP contribution in [0.3, 0.4) is 0 Å². The third-order valence-electron chi connectivity index (χ3n) is 9.45. The number of hydrogen-bond acceptors (Lipinski definition) is 5. The first-order valence-electron chi connectivity index (χ1n) is 15.3. The number of likely N-dealkylation sites (tertiary alicyclic amines) is 1. The molecule has 40 heavy (non-hydrogen) atoms. The van der Waals surface area contributed by atoms with Crippen molar-refractivity contribution in [3.05, 3.63) is 65.7 Å². The van der Waals surface area contributed by atoms with Crippen molar-refractivity contribution < 1.29 is 19.1 Å². The molecule has 2 saturated carbocycles. The van der Waals surface area contributed by atoms with Crippen LogP contribution in [0.15, 0.2) is 54.6 Å². The smallest absolute Gasteiger partial charge is 0.303 e. The van der Waals surface area contributed by atoms with E-state index in [1.807, 2.05) is 18.2 Å². The van der Waals surface area contributed by atoms with Crippen LogP contribution in [0.1, 0.15) is 82.3 Å². The monoisotopic (exact) mass is 546 g/mol. The number of unbranched alkanes of at least 4 members (excludes halogenated alkanes) is 2. The molecule has 0 spiro atoms. The lowest BCUT2D eigenvalue weighted by Crippen LogP contribution is -2.68. The summed E-state index contributed by atoms with van der Waals surface area (Å²) in [6.07, 6.45) is 10.5. The predicted octanol–water partition coefficient (Wildman–Crippen LogP) is 5.82. The molecular formula is C34H46N2O4. The van der Waals surface area contributed by atoms with Gasteiger partial charge in [0.05, 0.1) is 7.11 Å². The second-order valence-electron chi connectivity index (χ2n) is 12.4. The number of carbonyl (C=O) groups is 2. The van der Waals surface area contributed by atoms with Crippen LogP contribution >= 0.6 is 0 Å². The predicted molar refractivity (Wildman–Crippen MR) is 157 cm³/mol. The molecule has 0 unspecified atom stereocenters. The molecule has 3 atom stereocenters. The highest BCUT2D eigenvalue weighted by Crippen LogP contribution is 2.54. The van der Waals surface area contributed by atoms with Crippen LogP contribution in [0.5, 0.6) is 5.75 Å². The number of hydrogen-bond donors (Lipinski definition) is 1. The highest BCUT2D eigenvalue weighted by molar-refractivity contribution is 5.76. The van der Waals surface area contributed by atoms with E-state index in [4.69, 9.17) is 9.47 Å². The van der Waals surface area contributed by atoms with Crippen LogP contribution in [0.4, 0.5) is 0 Å². The number of ether oxygens (including phenoxy) is 2. The minimum atomic E-state index is -0.614. The van der Waals surface area contributed by atoms with Crippen molar-refractivity contribution in [3.63, 3.8) is 0 Å². The number of rotatable bonds is 12. The number of nitrogens with zero attached hydrogens (tertiary/aromatic N) is 1. The first-order chi connectivity index (χ1) is 19.4. The van der Waals surface area contributed by atoms with E-state index in [1.165, 1.54) is 25.3 Å². The van der Waals surface area contributed by atoms with E-state index in [1.54, 1.807) is 7.11 Å². The molecule has 1 aliphatic heterocycles. The van der Waals surface area contributed by atoms with E-state index < -0.39 is 5.60 Å². The summed E-state index contributed by atoms with van der Waals surface area (Å²) in [5.74, 6) is 1.50. The average Bonchev–Trinajstić information content (AvgIpc) is 3.77. The van der Waals surface area contributed by atoms with E-state index in [-0.39, 0.29) is 23.3 Å². The number of carbonyl (C=O) groups excluding carboxylic acids is 2. The molecule has 1 heterocycles. The van der Waals surface area contributed by atoms with Crippen molar-refractivity contribution in [3.8, 4) is 5.75 Å². The molecule has 2 aliphatic carbocycles. The largest absolute Gasteiger partial charge is 0.497 e. The van der Waals surface area contributed by atoms with Gasteiger partial charge in [-0.2, -0.15) is 0 Å². The third kappa shape index (κ3) is 6.71. The number of esters is 1. The number of piperidine rings is 1. The quantitative estimate of drug-likeness (QED) is 0.268. The lowest BCUT2D eigenvalue weighted by molar-refractivity contribution is -0.187. The van der Waals surface area contributed by atoms with Crippen LogP contribution < -0.4 is 10.1 Å². The van der Waals surface area contributed by atoms with Gasteiger partial charge in [0.1, 0.15) is 11.4 Å². The Morgan fingerprint density at radius 2 is 1.82 bits per heavy atom. The standard InChI is InChI=1S/C34H46N2O4/c1-26(37)40-34-19-18-30(35-32(38)15-8-4-7-12-27-10-5-3-6-11-27)23-33(34,29-13-9-14-31(22-29)39-2)20-21-36(25-34)24-28-16-17-28/h3,5-6,9-11,13-14,22,28,30H,4,7-8,12,15-21,23-25H2,1-2H3,(H,35,38)/t30-,33+,34+/m1/s1. The van der Waals surface area contributed by atoms with Gasteiger partial charge in [-0.05, 0) is 93.5 Å². The molecule has 3 fully saturated rings. The third-order valence-corrected chi connectivity index (χ3v) is 9.45. The minimum absolute atomic E-state index is 0.0571. The van der Waals surface area contributed by atoms with E-state index in [9.17, 15) is 9.59 Å². The van der Waals surface area contributed by atoms with Gasteiger partial charge in [0.25, 0.3) is 0 Å². The summed E-state index contributed by atoms with van der Waals surface area (Å²) >= 11 is 0. The van der Waals surface area contributed by atoms with E-state index in [2.05, 4.69) is 46.6 Å². The van der Waals surface area contributed by atoms with Crippen LogP contribution in [0.2, 0.25) is 0 Å². The molecule has 2 aromatic carbocycles. The first kappa shape index (κ1) is 28.7. The first-order valence-corrected chi connectivity index (χ1v) is 15.3. The number of nitrogens with one attached hydrogen (secondary N) is 1. The summed E-state index contributed by atoms with van der Waals surface area (Å²) in [5, 5.41) is 3.38. The number of fused-ring (bicyclic) bond motifs is 1. The van der Waals surface area contributed by atoms with Gasteiger partial charge in [0, 0.05) is 37.9 Å². The van der Waals surface area contributed by atoms with Gasteiger partial charge >= 0.3 is 5.97 Å². The van der Waals surface area contributed by atoms with Gasteiger partial charge < -0.3 is 14.8 Å². The van der Waals surface area contributed by atoms with E-state index in [0.29, 0.717) is 6.42 Å². The van der Waals surface area contributed by atoms with Crippen molar-refractivity contribution in [1.82, 2.24) is 10.2 Å².